The number of anilines is 1. The molecule has 0 spiro atoms. The molecule has 0 saturated heterocycles. The van der Waals surface area contributed by atoms with E-state index in [-0.39, 0.29) is 12.4 Å². The van der Waals surface area contributed by atoms with Gasteiger partial charge in [-0.3, -0.25) is 0 Å². The second-order valence-electron chi connectivity index (χ2n) is 3.46. The van der Waals surface area contributed by atoms with Crippen LogP contribution < -0.4 is 15.2 Å². The number of benzene rings is 2. The lowest BCUT2D eigenvalue weighted by Gasteiger charge is -2.09. The molecular formula is C13H13Cl2NO2. The molecule has 0 aliphatic heterocycles. The highest BCUT2D eigenvalue weighted by Gasteiger charge is 2.03. The number of nitrogen functional groups attached to an aromatic ring is 1. The molecular weight excluding hydrogens is 273 g/mol. The van der Waals surface area contributed by atoms with Crippen molar-refractivity contribution in [3.8, 4) is 17.2 Å². The van der Waals surface area contributed by atoms with Gasteiger partial charge in [0.15, 0.2) is 0 Å². The Morgan fingerprint density at radius 2 is 1.78 bits per heavy atom. The van der Waals surface area contributed by atoms with E-state index in [1.54, 1.807) is 31.4 Å². The maximum absolute atomic E-state index is 5.81. The summed E-state index contributed by atoms with van der Waals surface area (Å²) in [5, 5.41) is 0.584. The summed E-state index contributed by atoms with van der Waals surface area (Å²) in [5.74, 6) is 1.97. The van der Waals surface area contributed by atoms with E-state index in [4.69, 9.17) is 26.8 Å². The summed E-state index contributed by atoms with van der Waals surface area (Å²) in [5.41, 5.74) is 6.30. The van der Waals surface area contributed by atoms with Crippen molar-refractivity contribution < 1.29 is 9.47 Å². The summed E-state index contributed by atoms with van der Waals surface area (Å²) in [6.07, 6.45) is 0. The standard InChI is InChI=1S/C13H12ClNO2.ClH/c1-16-10-3-2-4-11(8-10)17-13-6-5-9(14)7-12(13)15;/h2-8H,15H2,1H3;1H. The quantitative estimate of drug-likeness (QED) is 0.862. The highest BCUT2D eigenvalue weighted by molar-refractivity contribution is 6.30. The molecule has 0 fully saturated rings. The molecule has 0 aromatic heterocycles. The van der Waals surface area contributed by atoms with E-state index in [2.05, 4.69) is 0 Å². The minimum Gasteiger partial charge on any atom is -0.497 e. The van der Waals surface area contributed by atoms with Gasteiger partial charge < -0.3 is 15.2 Å². The highest BCUT2D eigenvalue weighted by atomic mass is 35.5. The lowest BCUT2D eigenvalue weighted by molar-refractivity contribution is 0.409. The fourth-order valence-electron chi connectivity index (χ4n) is 1.40. The lowest BCUT2D eigenvalue weighted by atomic mass is 10.3. The number of methoxy groups -OCH3 is 1. The molecule has 5 heteroatoms. The van der Waals surface area contributed by atoms with Crippen LogP contribution in [-0.2, 0) is 0 Å². The van der Waals surface area contributed by atoms with Gasteiger partial charge in [0, 0.05) is 11.1 Å². The van der Waals surface area contributed by atoms with Gasteiger partial charge in [-0.1, -0.05) is 17.7 Å². The fraction of sp³-hybridized carbons (Fsp3) is 0.0769. The molecule has 18 heavy (non-hydrogen) atoms. The molecule has 2 aromatic carbocycles. The Morgan fingerprint density at radius 1 is 1.06 bits per heavy atom. The van der Waals surface area contributed by atoms with Gasteiger partial charge in [-0.25, -0.2) is 0 Å². The van der Waals surface area contributed by atoms with E-state index in [1.165, 1.54) is 0 Å². The van der Waals surface area contributed by atoms with Crippen LogP contribution in [0.5, 0.6) is 17.2 Å². The first-order valence-electron chi connectivity index (χ1n) is 5.06. The molecule has 0 bridgehead atoms. The number of rotatable bonds is 3. The third kappa shape index (κ3) is 3.45. The van der Waals surface area contributed by atoms with Crippen molar-refractivity contribution >= 4 is 29.7 Å². The molecule has 0 amide bonds. The first-order valence-corrected chi connectivity index (χ1v) is 5.44. The van der Waals surface area contributed by atoms with E-state index in [0.717, 1.165) is 5.75 Å². The maximum atomic E-state index is 5.81. The predicted octanol–water partition coefficient (Wildman–Crippen LogP) is 4.14. The van der Waals surface area contributed by atoms with Crippen molar-refractivity contribution in [2.24, 2.45) is 0 Å². The molecule has 0 saturated carbocycles. The van der Waals surface area contributed by atoms with Crippen molar-refractivity contribution in [1.82, 2.24) is 0 Å². The zero-order chi connectivity index (χ0) is 12.3. The largest absolute Gasteiger partial charge is 0.497 e. The van der Waals surface area contributed by atoms with Crippen molar-refractivity contribution in [2.75, 3.05) is 12.8 Å². The van der Waals surface area contributed by atoms with E-state index in [0.29, 0.717) is 22.2 Å². The minimum absolute atomic E-state index is 0. The first-order chi connectivity index (χ1) is 8.19. The molecule has 0 radical (unpaired) electrons. The number of ether oxygens (including phenoxy) is 2. The van der Waals surface area contributed by atoms with E-state index in [1.807, 2.05) is 18.2 Å². The monoisotopic (exact) mass is 285 g/mol. The van der Waals surface area contributed by atoms with Gasteiger partial charge in [-0.2, -0.15) is 0 Å². The molecule has 0 aliphatic carbocycles. The van der Waals surface area contributed by atoms with Crippen LogP contribution in [-0.4, -0.2) is 7.11 Å². The molecule has 3 nitrogen and oxygen atoms in total. The van der Waals surface area contributed by atoms with Crippen LogP contribution >= 0.6 is 24.0 Å². The summed E-state index contributed by atoms with van der Waals surface area (Å²) >= 11 is 5.81. The van der Waals surface area contributed by atoms with Crippen molar-refractivity contribution in [3.05, 3.63) is 47.5 Å². The molecule has 2 N–H and O–H groups in total. The molecule has 0 aliphatic rings. The lowest BCUT2D eigenvalue weighted by Crippen LogP contribution is -1.92. The van der Waals surface area contributed by atoms with Crippen LogP contribution in [0.15, 0.2) is 42.5 Å². The topological polar surface area (TPSA) is 44.5 Å². The van der Waals surface area contributed by atoms with Crippen LogP contribution in [0.25, 0.3) is 0 Å². The van der Waals surface area contributed by atoms with E-state index < -0.39 is 0 Å². The Bertz CT molecular complexity index is 532. The normalized spacial score (nSPS) is 9.44. The first kappa shape index (κ1) is 14.5. The van der Waals surface area contributed by atoms with Crippen molar-refractivity contribution in [2.45, 2.75) is 0 Å². The summed E-state index contributed by atoms with van der Waals surface area (Å²) in [6.45, 7) is 0. The molecule has 0 atom stereocenters. The molecule has 2 aromatic rings. The van der Waals surface area contributed by atoms with Gasteiger partial charge in [-0.15, -0.1) is 12.4 Å². The number of hydrogen-bond acceptors (Lipinski definition) is 3. The second-order valence-corrected chi connectivity index (χ2v) is 3.90. The van der Waals surface area contributed by atoms with Crippen LogP contribution in [0.3, 0.4) is 0 Å². The SMILES string of the molecule is COc1cccc(Oc2ccc(Cl)cc2N)c1.Cl. The average Bonchev–Trinajstić information content (AvgIpc) is 2.33. The van der Waals surface area contributed by atoms with Gasteiger partial charge in [0.25, 0.3) is 0 Å². The predicted molar refractivity (Wildman–Crippen MR) is 76.2 cm³/mol. The van der Waals surface area contributed by atoms with Crippen LogP contribution in [0.4, 0.5) is 5.69 Å². The zero-order valence-electron chi connectivity index (χ0n) is 9.72. The van der Waals surface area contributed by atoms with Crippen LogP contribution in [0, 0.1) is 0 Å². The molecule has 96 valence electrons. The molecule has 0 heterocycles. The fourth-order valence-corrected chi connectivity index (χ4v) is 1.58. The van der Waals surface area contributed by atoms with Crippen LogP contribution in [0.2, 0.25) is 5.02 Å². The zero-order valence-corrected chi connectivity index (χ0v) is 11.3. The second kappa shape index (κ2) is 6.38. The number of halogens is 2. The van der Waals surface area contributed by atoms with Gasteiger partial charge in [0.2, 0.25) is 0 Å². The molecule has 2 rings (SSSR count). The Labute approximate surface area is 117 Å². The van der Waals surface area contributed by atoms with Gasteiger partial charge in [0.1, 0.15) is 17.2 Å². The van der Waals surface area contributed by atoms with E-state index in [9.17, 15) is 0 Å². The average molecular weight is 286 g/mol. The Balaban J connectivity index is 0.00000162. The summed E-state index contributed by atoms with van der Waals surface area (Å²) in [6, 6.07) is 12.4. The van der Waals surface area contributed by atoms with Crippen LogP contribution in [0.1, 0.15) is 0 Å². The Hall–Kier alpha value is -1.58. The van der Waals surface area contributed by atoms with Gasteiger partial charge >= 0.3 is 0 Å². The van der Waals surface area contributed by atoms with Gasteiger partial charge in [-0.05, 0) is 30.3 Å². The van der Waals surface area contributed by atoms with E-state index >= 15 is 0 Å². The minimum atomic E-state index is 0. The Morgan fingerprint density at radius 3 is 2.44 bits per heavy atom. The number of hydrogen-bond donors (Lipinski definition) is 1. The van der Waals surface area contributed by atoms with Gasteiger partial charge in [0.05, 0.1) is 12.8 Å². The third-order valence-corrected chi connectivity index (χ3v) is 2.48. The van der Waals surface area contributed by atoms with Crippen molar-refractivity contribution in [1.29, 1.82) is 0 Å². The third-order valence-electron chi connectivity index (χ3n) is 2.24. The summed E-state index contributed by atoms with van der Waals surface area (Å²) in [7, 11) is 1.61. The summed E-state index contributed by atoms with van der Waals surface area (Å²) in [4.78, 5) is 0. The highest BCUT2D eigenvalue weighted by Crippen LogP contribution is 2.31. The number of nitrogens with two attached hydrogens (primary N) is 1. The maximum Gasteiger partial charge on any atom is 0.150 e. The van der Waals surface area contributed by atoms with Crippen molar-refractivity contribution in [3.63, 3.8) is 0 Å². The Kier molecular flexibility index (Phi) is 5.13. The summed E-state index contributed by atoms with van der Waals surface area (Å²) < 4.78 is 10.8. The molecule has 0 unspecified atom stereocenters. The smallest absolute Gasteiger partial charge is 0.150 e.